The fraction of sp³-hybridized carbons (Fsp3) is 0.240. The van der Waals surface area contributed by atoms with E-state index in [1.165, 1.54) is 0 Å². The molecule has 29 heavy (non-hydrogen) atoms. The summed E-state index contributed by atoms with van der Waals surface area (Å²) in [7, 11) is 1.61. The molecule has 0 aliphatic carbocycles. The van der Waals surface area contributed by atoms with Crippen LogP contribution in [0.5, 0.6) is 0 Å². The minimum atomic E-state index is -1.01. The Bertz CT molecular complexity index is 1030. The molecule has 3 aromatic rings. The van der Waals surface area contributed by atoms with Crippen LogP contribution in [0.3, 0.4) is 0 Å². The molecule has 1 radical (unpaired) electrons. The number of nitrogens with zero attached hydrogens (tertiary/aromatic N) is 1. The highest BCUT2D eigenvalue weighted by atomic mass is 16.5. The third-order valence-corrected chi connectivity index (χ3v) is 5.35. The van der Waals surface area contributed by atoms with Gasteiger partial charge in [-0.05, 0) is 68.1 Å². The Morgan fingerprint density at radius 1 is 0.793 bits per heavy atom. The van der Waals surface area contributed by atoms with Crippen LogP contribution in [0.25, 0.3) is 22.3 Å². The summed E-state index contributed by atoms with van der Waals surface area (Å²) >= 11 is 0. The minimum Gasteiger partial charge on any atom is -0.427 e. The first kappa shape index (κ1) is 20.9. The monoisotopic (exact) mass is 382 g/mol. The Balaban J connectivity index is 1.93. The van der Waals surface area contributed by atoms with Crippen LogP contribution in [-0.4, -0.2) is 23.8 Å². The summed E-state index contributed by atoms with van der Waals surface area (Å²) in [5.41, 5.74) is 3.79. The molecule has 0 atom stereocenters. The maximum absolute atomic E-state index is 10.3. The molecule has 3 nitrogen and oxygen atoms in total. The molecule has 0 bridgehead atoms. The van der Waals surface area contributed by atoms with E-state index in [0.717, 1.165) is 27.7 Å². The average molecular weight is 382 g/mol. The summed E-state index contributed by atoms with van der Waals surface area (Å²) in [5, 5.41) is 19.8. The van der Waals surface area contributed by atoms with Gasteiger partial charge in [-0.15, -0.1) is 0 Å². The Labute approximate surface area is 173 Å². The van der Waals surface area contributed by atoms with Gasteiger partial charge < -0.3 is 9.76 Å². The fourth-order valence-electron chi connectivity index (χ4n) is 2.82. The number of benzene rings is 3. The summed E-state index contributed by atoms with van der Waals surface area (Å²) in [6.07, 6.45) is 0. The van der Waals surface area contributed by atoms with Gasteiger partial charge in [0.25, 0.3) is 0 Å². The molecule has 4 heteroatoms. The third-order valence-electron chi connectivity index (χ3n) is 5.35. The van der Waals surface area contributed by atoms with E-state index in [1.807, 2.05) is 56.3 Å². The molecule has 0 fully saturated rings. The SMILES string of the molecule is CC(C)(O)C(C)(C)O[B]c1cc(C#N)cc(-c2cccc(-c3ccccc3)c2)c1. The maximum Gasteiger partial charge on any atom is 0.330 e. The maximum atomic E-state index is 10.3. The standard InChI is InChI=1S/C25H25BNO2/c1-24(2,28)25(3,4)29-26-23-14-18(17-27)13-22(16-23)21-12-8-11-20(15-21)19-9-6-5-7-10-19/h5-16,28H,1-4H3. The van der Waals surface area contributed by atoms with Crippen LogP contribution in [0.2, 0.25) is 0 Å². The van der Waals surface area contributed by atoms with E-state index >= 15 is 0 Å². The largest absolute Gasteiger partial charge is 0.427 e. The van der Waals surface area contributed by atoms with Gasteiger partial charge in [0.1, 0.15) is 0 Å². The molecular weight excluding hydrogens is 357 g/mol. The van der Waals surface area contributed by atoms with Crippen molar-refractivity contribution >= 4 is 12.9 Å². The molecule has 1 N–H and O–H groups in total. The van der Waals surface area contributed by atoms with E-state index in [4.69, 9.17) is 4.65 Å². The number of hydrogen-bond acceptors (Lipinski definition) is 3. The average Bonchev–Trinajstić information content (AvgIpc) is 2.72. The van der Waals surface area contributed by atoms with E-state index < -0.39 is 11.2 Å². The third kappa shape index (κ3) is 4.95. The minimum absolute atomic E-state index is 0.559. The second-order valence-corrected chi connectivity index (χ2v) is 8.21. The van der Waals surface area contributed by atoms with E-state index in [2.05, 4.69) is 30.3 Å². The molecule has 0 heterocycles. The van der Waals surface area contributed by atoms with Crippen LogP contribution in [0.4, 0.5) is 0 Å². The Morgan fingerprint density at radius 3 is 2.03 bits per heavy atom. The molecule has 0 saturated carbocycles. The molecule has 3 aromatic carbocycles. The fourth-order valence-corrected chi connectivity index (χ4v) is 2.82. The van der Waals surface area contributed by atoms with E-state index in [-0.39, 0.29) is 0 Å². The van der Waals surface area contributed by atoms with E-state index in [9.17, 15) is 10.4 Å². The van der Waals surface area contributed by atoms with Gasteiger partial charge in [-0.2, -0.15) is 5.26 Å². The van der Waals surface area contributed by atoms with Crippen molar-refractivity contribution < 1.29 is 9.76 Å². The van der Waals surface area contributed by atoms with Crippen LogP contribution >= 0.6 is 0 Å². The second kappa shape index (κ2) is 8.25. The van der Waals surface area contributed by atoms with Gasteiger partial charge in [-0.25, -0.2) is 0 Å². The Morgan fingerprint density at radius 2 is 1.41 bits per heavy atom. The summed E-state index contributed by atoms with van der Waals surface area (Å²) in [5.74, 6) is 0. The predicted octanol–water partition coefficient (Wildman–Crippen LogP) is 4.70. The van der Waals surface area contributed by atoms with Crippen molar-refractivity contribution in [1.82, 2.24) is 0 Å². The van der Waals surface area contributed by atoms with Gasteiger partial charge in [-0.3, -0.25) is 0 Å². The van der Waals surface area contributed by atoms with Gasteiger partial charge in [0.15, 0.2) is 0 Å². The van der Waals surface area contributed by atoms with Crippen molar-refractivity contribution in [3.63, 3.8) is 0 Å². The Kier molecular flexibility index (Phi) is 5.93. The van der Waals surface area contributed by atoms with Crippen LogP contribution in [0.15, 0.2) is 72.8 Å². The first-order valence-corrected chi connectivity index (χ1v) is 9.64. The van der Waals surface area contributed by atoms with Gasteiger partial charge >= 0.3 is 7.48 Å². The van der Waals surface area contributed by atoms with Crippen molar-refractivity contribution in [2.75, 3.05) is 0 Å². The highest BCUT2D eigenvalue weighted by Gasteiger charge is 2.35. The van der Waals surface area contributed by atoms with E-state index in [0.29, 0.717) is 5.56 Å². The van der Waals surface area contributed by atoms with Crippen LogP contribution in [0.1, 0.15) is 33.3 Å². The highest BCUT2D eigenvalue weighted by Crippen LogP contribution is 2.27. The number of aliphatic hydroxyl groups is 1. The smallest absolute Gasteiger partial charge is 0.330 e. The molecule has 0 amide bonds. The zero-order valence-electron chi connectivity index (χ0n) is 17.3. The normalized spacial score (nSPS) is 11.7. The lowest BCUT2D eigenvalue weighted by Crippen LogP contribution is -2.49. The molecule has 145 valence electrons. The zero-order valence-corrected chi connectivity index (χ0v) is 17.3. The summed E-state index contributed by atoms with van der Waals surface area (Å²) < 4.78 is 5.88. The molecule has 0 saturated heterocycles. The topological polar surface area (TPSA) is 53.2 Å². The first-order chi connectivity index (χ1) is 13.7. The number of nitriles is 1. The molecule has 0 aliphatic heterocycles. The first-order valence-electron chi connectivity index (χ1n) is 9.64. The van der Waals surface area contributed by atoms with E-state index in [1.54, 1.807) is 27.4 Å². The lowest BCUT2D eigenvalue weighted by atomic mass is 9.81. The van der Waals surface area contributed by atoms with Gasteiger partial charge in [0.05, 0.1) is 22.8 Å². The molecular formula is C25H25BNO2. The van der Waals surface area contributed by atoms with Crippen LogP contribution in [-0.2, 0) is 4.65 Å². The molecule has 0 spiro atoms. The highest BCUT2D eigenvalue weighted by molar-refractivity contribution is 6.47. The molecule has 3 rings (SSSR count). The van der Waals surface area contributed by atoms with Gasteiger partial charge in [0, 0.05) is 0 Å². The van der Waals surface area contributed by atoms with Crippen molar-refractivity contribution in [3.8, 4) is 28.3 Å². The van der Waals surface area contributed by atoms with Crippen molar-refractivity contribution in [1.29, 1.82) is 5.26 Å². The zero-order chi connectivity index (χ0) is 21.1. The number of hydrogen-bond donors (Lipinski definition) is 1. The van der Waals surface area contributed by atoms with Gasteiger partial charge in [-0.1, -0.05) is 60.1 Å². The van der Waals surface area contributed by atoms with Crippen molar-refractivity contribution in [3.05, 3.63) is 78.4 Å². The van der Waals surface area contributed by atoms with Crippen LogP contribution < -0.4 is 5.46 Å². The second-order valence-electron chi connectivity index (χ2n) is 8.21. The Hall–Kier alpha value is -2.87. The quantitative estimate of drug-likeness (QED) is 0.629. The summed E-state index contributed by atoms with van der Waals surface area (Å²) in [4.78, 5) is 0. The predicted molar refractivity (Wildman–Crippen MR) is 119 cm³/mol. The summed E-state index contributed by atoms with van der Waals surface area (Å²) in [6.45, 7) is 7.10. The summed E-state index contributed by atoms with van der Waals surface area (Å²) in [6, 6.07) is 26.3. The lowest BCUT2D eigenvalue weighted by Gasteiger charge is -2.37. The van der Waals surface area contributed by atoms with Crippen molar-refractivity contribution in [2.45, 2.75) is 38.9 Å². The van der Waals surface area contributed by atoms with Crippen molar-refractivity contribution in [2.24, 2.45) is 0 Å². The van der Waals surface area contributed by atoms with Gasteiger partial charge in [0.2, 0.25) is 0 Å². The molecule has 0 aromatic heterocycles. The lowest BCUT2D eigenvalue weighted by molar-refractivity contribution is -0.0893. The molecule has 0 unspecified atom stereocenters. The molecule has 0 aliphatic rings. The van der Waals surface area contributed by atoms with Crippen LogP contribution in [0, 0.1) is 11.3 Å². The number of rotatable bonds is 6.